The van der Waals surface area contributed by atoms with Gasteiger partial charge in [0.05, 0.1) is 12.6 Å². The summed E-state index contributed by atoms with van der Waals surface area (Å²) in [7, 11) is 0. The number of carboxylic acids is 1. The molecule has 0 spiro atoms. The quantitative estimate of drug-likeness (QED) is 0.767. The van der Waals surface area contributed by atoms with Gasteiger partial charge in [-0.1, -0.05) is 18.2 Å². The van der Waals surface area contributed by atoms with Gasteiger partial charge < -0.3 is 20.5 Å². The number of urea groups is 1. The summed E-state index contributed by atoms with van der Waals surface area (Å²) >= 11 is 0. The smallest absolute Gasteiger partial charge is 0.325 e. The van der Waals surface area contributed by atoms with Crippen LogP contribution in [0, 0.1) is 0 Å². The Kier molecular flexibility index (Phi) is 3.89. The highest BCUT2D eigenvalue weighted by Crippen LogP contribution is 2.31. The van der Waals surface area contributed by atoms with Gasteiger partial charge in [-0.2, -0.15) is 0 Å². The molecule has 0 aromatic heterocycles. The highest BCUT2D eigenvalue weighted by molar-refractivity contribution is 5.82. The van der Waals surface area contributed by atoms with E-state index in [9.17, 15) is 9.59 Å². The summed E-state index contributed by atoms with van der Waals surface area (Å²) in [6.45, 7) is 1.94. The molecule has 1 aromatic rings. The fourth-order valence-electron chi connectivity index (χ4n) is 1.95. The van der Waals surface area contributed by atoms with Gasteiger partial charge in [-0.15, -0.1) is 0 Å². The van der Waals surface area contributed by atoms with Crippen LogP contribution >= 0.6 is 0 Å². The average molecular weight is 264 g/mol. The molecule has 0 fully saturated rings. The molecule has 2 atom stereocenters. The lowest BCUT2D eigenvalue weighted by atomic mass is 10.0. The number of para-hydroxylation sites is 1. The number of ether oxygens (including phenoxy) is 1. The molecule has 1 aliphatic heterocycles. The molecule has 0 aliphatic carbocycles. The van der Waals surface area contributed by atoms with E-state index < -0.39 is 18.0 Å². The van der Waals surface area contributed by atoms with Crippen molar-refractivity contribution in [3.05, 3.63) is 29.8 Å². The molecule has 2 amide bonds. The Morgan fingerprint density at radius 2 is 2.16 bits per heavy atom. The molecule has 19 heavy (non-hydrogen) atoms. The summed E-state index contributed by atoms with van der Waals surface area (Å²) in [4.78, 5) is 22.4. The van der Waals surface area contributed by atoms with Gasteiger partial charge in [0, 0.05) is 12.0 Å². The van der Waals surface area contributed by atoms with Crippen LogP contribution in [0.1, 0.15) is 24.9 Å². The minimum absolute atomic E-state index is 0.161. The third kappa shape index (κ3) is 3.15. The molecule has 1 aliphatic rings. The Labute approximate surface area is 110 Å². The number of hydrogen-bond donors (Lipinski definition) is 3. The van der Waals surface area contributed by atoms with Crippen molar-refractivity contribution in [3.8, 4) is 5.75 Å². The first kappa shape index (κ1) is 13.2. The van der Waals surface area contributed by atoms with Gasteiger partial charge in [-0.3, -0.25) is 4.79 Å². The van der Waals surface area contributed by atoms with Crippen molar-refractivity contribution in [2.45, 2.75) is 25.4 Å². The number of fused-ring (bicyclic) bond motifs is 1. The van der Waals surface area contributed by atoms with Crippen molar-refractivity contribution in [3.63, 3.8) is 0 Å². The van der Waals surface area contributed by atoms with Crippen molar-refractivity contribution in [2.75, 3.05) is 6.61 Å². The van der Waals surface area contributed by atoms with Gasteiger partial charge in [0.1, 0.15) is 11.8 Å². The first-order valence-electron chi connectivity index (χ1n) is 6.09. The maximum absolute atomic E-state index is 11.7. The normalized spacial score (nSPS) is 18.7. The minimum atomic E-state index is -1.07. The molecule has 6 heteroatoms. The number of aliphatic carboxylic acids is 1. The van der Waals surface area contributed by atoms with Crippen LogP contribution in [0.3, 0.4) is 0 Å². The van der Waals surface area contributed by atoms with E-state index in [1.54, 1.807) is 0 Å². The molecule has 2 rings (SSSR count). The third-order valence-electron chi connectivity index (χ3n) is 2.98. The number of benzene rings is 1. The van der Waals surface area contributed by atoms with Crippen molar-refractivity contribution >= 4 is 12.0 Å². The van der Waals surface area contributed by atoms with Crippen LogP contribution in [-0.4, -0.2) is 29.8 Å². The number of nitrogens with one attached hydrogen (secondary N) is 2. The maximum Gasteiger partial charge on any atom is 0.325 e. The fraction of sp³-hybridized carbons (Fsp3) is 0.385. The Bertz CT molecular complexity index is 489. The Morgan fingerprint density at radius 3 is 2.89 bits per heavy atom. The van der Waals surface area contributed by atoms with E-state index >= 15 is 0 Å². The largest absolute Gasteiger partial charge is 0.493 e. The van der Waals surface area contributed by atoms with Gasteiger partial charge in [-0.05, 0) is 13.0 Å². The molecule has 0 bridgehead atoms. The van der Waals surface area contributed by atoms with Crippen LogP contribution in [0.5, 0.6) is 5.75 Å². The lowest BCUT2D eigenvalue weighted by Crippen LogP contribution is -2.46. The van der Waals surface area contributed by atoms with Crippen LogP contribution in [0.2, 0.25) is 0 Å². The van der Waals surface area contributed by atoms with Crippen LogP contribution in [0.25, 0.3) is 0 Å². The first-order chi connectivity index (χ1) is 9.08. The average Bonchev–Trinajstić information content (AvgIpc) is 2.39. The second-order valence-electron chi connectivity index (χ2n) is 4.41. The predicted molar refractivity (Wildman–Crippen MR) is 68.1 cm³/mol. The first-order valence-corrected chi connectivity index (χ1v) is 6.09. The summed E-state index contributed by atoms with van der Waals surface area (Å²) in [6.07, 6.45) is 0.659. The Hall–Kier alpha value is -2.24. The molecule has 0 radical (unpaired) electrons. The highest BCUT2D eigenvalue weighted by Gasteiger charge is 2.23. The van der Waals surface area contributed by atoms with E-state index in [2.05, 4.69) is 10.6 Å². The summed E-state index contributed by atoms with van der Waals surface area (Å²) in [6, 6.07) is 5.91. The number of rotatable bonds is 3. The van der Waals surface area contributed by atoms with Crippen LogP contribution in [-0.2, 0) is 4.79 Å². The molecule has 0 saturated carbocycles. The zero-order valence-corrected chi connectivity index (χ0v) is 10.6. The molecule has 1 aromatic carbocycles. The van der Waals surface area contributed by atoms with E-state index in [0.29, 0.717) is 13.0 Å². The lowest BCUT2D eigenvalue weighted by molar-refractivity contribution is -0.138. The van der Waals surface area contributed by atoms with Gasteiger partial charge in [0.15, 0.2) is 0 Å². The van der Waals surface area contributed by atoms with Crippen molar-refractivity contribution in [2.24, 2.45) is 0 Å². The summed E-state index contributed by atoms with van der Waals surface area (Å²) in [5, 5.41) is 13.9. The molecule has 1 heterocycles. The molecule has 6 nitrogen and oxygen atoms in total. The highest BCUT2D eigenvalue weighted by atomic mass is 16.5. The van der Waals surface area contributed by atoms with E-state index in [4.69, 9.17) is 9.84 Å². The third-order valence-corrected chi connectivity index (χ3v) is 2.98. The molecule has 102 valence electrons. The van der Waals surface area contributed by atoms with Gasteiger partial charge >= 0.3 is 12.0 Å². The Balaban J connectivity index is 2.01. The van der Waals surface area contributed by atoms with E-state index in [0.717, 1.165) is 11.3 Å². The van der Waals surface area contributed by atoms with Crippen LogP contribution in [0.4, 0.5) is 4.79 Å². The zero-order valence-electron chi connectivity index (χ0n) is 10.6. The summed E-state index contributed by atoms with van der Waals surface area (Å²) in [5.74, 6) is -0.312. The molecule has 1 unspecified atom stereocenters. The fourth-order valence-corrected chi connectivity index (χ4v) is 1.95. The van der Waals surface area contributed by atoms with Crippen molar-refractivity contribution in [1.82, 2.24) is 10.6 Å². The number of carbonyl (C=O) groups excluding carboxylic acids is 1. The minimum Gasteiger partial charge on any atom is -0.493 e. The number of carbonyl (C=O) groups is 2. The van der Waals surface area contributed by atoms with Crippen LogP contribution in [0.15, 0.2) is 24.3 Å². The monoisotopic (exact) mass is 264 g/mol. The molecule has 0 saturated heterocycles. The molecular formula is C13H16N2O4. The maximum atomic E-state index is 11.7. The second-order valence-corrected chi connectivity index (χ2v) is 4.41. The summed E-state index contributed by atoms with van der Waals surface area (Å²) < 4.78 is 5.49. The Morgan fingerprint density at radius 1 is 1.42 bits per heavy atom. The molecular weight excluding hydrogens is 248 g/mol. The number of amides is 2. The van der Waals surface area contributed by atoms with E-state index in [-0.39, 0.29) is 6.04 Å². The second kappa shape index (κ2) is 5.60. The van der Waals surface area contributed by atoms with Crippen molar-refractivity contribution < 1.29 is 19.4 Å². The SMILES string of the molecule is C[C@@H](NC(=O)NC1CCOc2ccccc21)C(=O)O. The van der Waals surface area contributed by atoms with Crippen LogP contribution < -0.4 is 15.4 Å². The molecule has 3 N–H and O–H groups in total. The number of hydrogen-bond acceptors (Lipinski definition) is 3. The predicted octanol–water partition coefficient (Wildman–Crippen LogP) is 1.28. The lowest BCUT2D eigenvalue weighted by Gasteiger charge is -2.27. The van der Waals surface area contributed by atoms with E-state index in [1.165, 1.54) is 6.92 Å². The van der Waals surface area contributed by atoms with Gasteiger partial charge in [0.25, 0.3) is 0 Å². The number of carboxylic acid groups (broad SMARTS) is 1. The van der Waals surface area contributed by atoms with Crippen molar-refractivity contribution in [1.29, 1.82) is 0 Å². The van der Waals surface area contributed by atoms with E-state index in [1.807, 2.05) is 24.3 Å². The zero-order chi connectivity index (χ0) is 13.8. The standard InChI is InChI=1S/C13H16N2O4/c1-8(12(16)17)14-13(18)15-10-6-7-19-11-5-3-2-4-9(10)11/h2-5,8,10H,6-7H2,1H3,(H,16,17)(H2,14,15,18)/t8-,10?/m1/s1. The van der Waals surface area contributed by atoms with Gasteiger partial charge in [0.2, 0.25) is 0 Å². The van der Waals surface area contributed by atoms with Gasteiger partial charge in [-0.25, -0.2) is 4.79 Å². The summed E-state index contributed by atoms with van der Waals surface area (Å²) in [5.41, 5.74) is 0.909. The topological polar surface area (TPSA) is 87.7 Å².